The molecule has 0 aliphatic heterocycles. The summed E-state index contributed by atoms with van der Waals surface area (Å²) in [7, 11) is 0. The number of hydrogen-bond acceptors (Lipinski definition) is 4. The number of aliphatic hydroxyl groups excluding tert-OH is 1. The number of aromatic nitrogens is 1. The van der Waals surface area contributed by atoms with Gasteiger partial charge in [0, 0.05) is 0 Å². The van der Waals surface area contributed by atoms with Gasteiger partial charge in [0.1, 0.15) is 4.60 Å². The summed E-state index contributed by atoms with van der Waals surface area (Å²) < 4.78 is 73.1. The molecule has 1 amide bonds. The summed E-state index contributed by atoms with van der Waals surface area (Å²) >= 11 is 2.50. The molecule has 0 aliphatic rings. The molecule has 0 bridgehead atoms. The fraction of sp³-hybridized carbons (Fsp3) is 0.400. The molecule has 0 spiro atoms. The summed E-state index contributed by atoms with van der Waals surface area (Å²) in [6.45, 7) is -1.19. The van der Waals surface area contributed by atoms with Crippen LogP contribution in [0.25, 0.3) is 0 Å². The predicted octanol–water partition coefficient (Wildman–Crippen LogP) is 2.10. The van der Waals surface area contributed by atoms with Crippen molar-refractivity contribution in [2.45, 2.75) is 18.5 Å². The van der Waals surface area contributed by atoms with E-state index in [0.717, 1.165) is 0 Å². The van der Waals surface area contributed by atoms with Crippen LogP contribution in [-0.4, -0.2) is 34.8 Å². The minimum Gasteiger partial charge on any atom is -0.397 e. The lowest BCUT2D eigenvalue weighted by Gasteiger charge is -2.16. The molecular weight excluding hydrogens is 388 g/mol. The minimum atomic E-state index is -4.95. The Morgan fingerprint density at radius 2 is 1.91 bits per heavy atom. The molecule has 12 heteroatoms. The number of nitrogens with two attached hydrogens (primary N) is 1. The molecule has 1 rings (SSSR count). The van der Waals surface area contributed by atoms with E-state index in [-0.39, 0.29) is 0 Å². The summed E-state index contributed by atoms with van der Waals surface area (Å²) in [5.41, 5.74) is 2.64. The molecule has 0 saturated heterocycles. The number of carbonyl (C=O) groups excluding carboxylic acids is 1. The Bertz CT molecular complexity index is 575. The fourth-order valence-electron chi connectivity index (χ4n) is 1.28. The highest BCUT2D eigenvalue weighted by molar-refractivity contribution is 9.10. The molecule has 5 nitrogen and oxygen atoms in total. The first kappa shape index (κ1) is 18.5. The van der Waals surface area contributed by atoms with Gasteiger partial charge in [0.15, 0.2) is 11.8 Å². The van der Waals surface area contributed by atoms with Crippen LogP contribution in [0.4, 0.5) is 32.0 Å². The molecule has 0 radical (unpaired) electrons. The number of nitrogens with zero attached hydrogens (tertiary/aromatic N) is 1. The van der Waals surface area contributed by atoms with Crippen LogP contribution < -0.4 is 11.1 Å². The largest absolute Gasteiger partial charge is 0.419 e. The number of nitrogen functional groups attached to an aromatic ring is 1. The summed E-state index contributed by atoms with van der Waals surface area (Å²) in [5, 5.41) is 10.4. The quantitative estimate of drug-likeness (QED) is 0.540. The molecule has 1 unspecified atom stereocenters. The topological polar surface area (TPSA) is 88.2 Å². The molecule has 0 saturated carbocycles. The van der Waals surface area contributed by atoms with Crippen molar-refractivity contribution in [1.82, 2.24) is 10.3 Å². The van der Waals surface area contributed by atoms with Crippen LogP contribution in [0.15, 0.2) is 10.7 Å². The lowest BCUT2D eigenvalue weighted by atomic mass is 10.2. The van der Waals surface area contributed by atoms with Crippen LogP contribution in [0.1, 0.15) is 16.1 Å². The van der Waals surface area contributed by atoms with E-state index in [4.69, 9.17) is 10.8 Å². The van der Waals surface area contributed by atoms with Crippen molar-refractivity contribution in [2.24, 2.45) is 0 Å². The van der Waals surface area contributed by atoms with Crippen molar-refractivity contribution in [3.05, 3.63) is 21.9 Å². The second kappa shape index (κ2) is 6.28. The lowest BCUT2D eigenvalue weighted by Crippen LogP contribution is -2.41. The molecule has 0 aliphatic carbocycles. The first-order valence-corrected chi connectivity index (χ1v) is 6.19. The minimum absolute atomic E-state index is 0.423. The van der Waals surface area contributed by atoms with Gasteiger partial charge in [-0.25, -0.2) is 4.98 Å². The number of amides is 1. The first-order chi connectivity index (χ1) is 9.84. The maximum atomic E-state index is 12.6. The van der Waals surface area contributed by atoms with Gasteiger partial charge in [-0.15, -0.1) is 0 Å². The smallest absolute Gasteiger partial charge is 0.397 e. The molecule has 1 aromatic heterocycles. The number of carbonyl (C=O) groups is 1. The number of rotatable bonds is 3. The molecule has 1 atom stereocenters. The van der Waals surface area contributed by atoms with Crippen molar-refractivity contribution in [2.75, 3.05) is 12.3 Å². The molecule has 0 aromatic carbocycles. The van der Waals surface area contributed by atoms with E-state index in [1.165, 1.54) is 0 Å². The van der Waals surface area contributed by atoms with Gasteiger partial charge in [-0.05, 0) is 22.0 Å². The van der Waals surface area contributed by atoms with Gasteiger partial charge in [0.25, 0.3) is 5.91 Å². The Labute approximate surface area is 127 Å². The molecular formula is C10H8BrF6N3O2. The molecule has 1 heterocycles. The summed E-state index contributed by atoms with van der Waals surface area (Å²) in [6.07, 6.45) is -12.6. The molecule has 1 aromatic rings. The normalized spacial score (nSPS) is 13.8. The zero-order valence-corrected chi connectivity index (χ0v) is 12.0. The van der Waals surface area contributed by atoms with Gasteiger partial charge >= 0.3 is 12.4 Å². The van der Waals surface area contributed by atoms with Gasteiger partial charge < -0.3 is 16.2 Å². The zero-order chi connectivity index (χ0) is 17.3. The van der Waals surface area contributed by atoms with Crippen LogP contribution in [0.2, 0.25) is 0 Å². The van der Waals surface area contributed by atoms with Crippen LogP contribution in [0.5, 0.6) is 0 Å². The highest BCUT2D eigenvalue weighted by atomic mass is 79.9. The second-order valence-corrected chi connectivity index (χ2v) is 4.78. The Kier molecular flexibility index (Phi) is 5.28. The number of nitrogens with one attached hydrogen (secondary N) is 1. The SMILES string of the molecule is Nc1cc(C(F)(F)F)c(Br)nc1C(=O)NCC(O)C(F)(F)F. The maximum Gasteiger partial charge on any atom is 0.419 e. The average molecular weight is 396 g/mol. The van der Waals surface area contributed by atoms with Crippen LogP contribution >= 0.6 is 15.9 Å². The third kappa shape index (κ3) is 4.47. The van der Waals surface area contributed by atoms with Gasteiger partial charge in [-0.1, -0.05) is 0 Å². The Hall–Kier alpha value is -1.56. The summed E-state index contributed by atoms with van der Waals surface area (Å²) in [6, 6.07) is 0.423. The predicted molar refractivity (Wildman–Crippen MR) is 65.7 cm³/mol. The van der Waals surface area contributed by atoms with Crippen molar-refractivity contribution in [3.8, 4) is 0 Å². The number of alkyl halides is 6. The van der Waals surface area contributed by atoms with E-state index in [9.17, 15) is 31.1 Å². The second-order valence-electron chi connectivity index (χ2n) is 4.03. The number of pyridine rings is 1. The van der Waals surface area contributed by atoms with Crippen molar-refractivity contribution >= 4 is 27.5 Å². The maximum absolute atomic E-state index is 12.6. The number of aliphatic hydroxyl groups is 1. The molecule has 124 valence electrons. The highest BCUT2D eigenvalue weighted by Gasteiger charge is 2.39. The molecule has 22 heavy (non-hydrogen) atoms. The van der Waals surface area contributed by atoms with E-state index < -0.39 is 52.5 Å². The third-order valence-corrected chi connectivity index (χ3v) is 2.96. The summed E-state index contributed by atoms with van der Waals surface area (Å²) in [5.74, 6) is -1.25. The van der Waals surface area contributed by atoms with Gasteiger partial charge in [0.2, 0.25) is 0 Å². The Balaban J connectivity index is 2.94. The number of anilines is 1. The van der Waals surface area contributed by atoms with E-state index >= 15 is 0 Å². The zero-order valence-electron chi connectivity index (χ0n) is 10.4. The Morgan fingerprint density at radius 3 is 2.36 bits per heavy atom. The van der Waals surface area contributed by atoms with Crippen molar-refractivity contribution in [1.29, 1.82) is 0 Å². The standard InChI is InChI=1S/C10H8BrF6N3O2/c11-7-3(9(12,13)14)1-4(18)6(20-7)8(22)19-2-5(21)10(15,16)17/h1,5,21H,2,18H2,(H,19,22). The van der Waals surface area contributed by atoms with Crippen molar-refractivity contribution in [3.63, 3.8) is 0 Å². The fourth-order valence-corrected chi connectivity index (χ4v) is 1.79. The van der Waals surface area contributed by atoms with Gasteiger partial charge in [0.05, 0.1) is 17.8 Å². The number of halogens is 7. The lowest BCUT2D eigenvalue weighted by molar-refractivity contribution is -0.201. The van der Waals surface area contributed by atoms with Gasteiger partial charge in [-0.2, -0.15) is 26.3 Å². The molecule has 0 fully saturated rings. The Morgan fingerprint density at radius 1 is 1.36 bits per heavy atom. The molecule has 4 N–H and O–H groups in total. The van der Waals surface area contributed by atoms with Crippen molar-refractivity contribution < 1.29 is 36.2 Å². The van der Waals surface area contributed by atoms with Crippen LogP contribution in [0.3, 0.4) is 0 Å². The van der Waals surface area contributed by atoms with E-state index in [2.05, 4.69) is 20.9 Å². The first-order valence-electron chi connectivity index (χ1n) is 5.40. The third-order valence-electron chi connectivity index (χ3n) is 2.36. The van der Waals surface area contributed by atoms with E-state index in [1.807, 2.05) is 0 Å². The van der Waals surface area contributed by atoms with Crippen LogP contribution in [0, 0.1) is 0 Å². The monoisotopic (exact) mass is 395 g/mol. The van der Waals surface area contributed by atoms with E-state index in [0.29, 0.717) is 6.07 Å². The van der Waals surface area contributed by atoms with Gasteiger partial charge in [-0.3, -0.25) is 4.79 Å². The highest BCUT2D eigenvalue weighted by Crippen LogP contribution is 2.35. The van der Waals surface area contributed by atoms with Crippen LogP contribution in [-0.2, 0) is 6.18 Å². The number of hydrogen-bond donors (Lipinski definition) is 3. The average Bonchev–Trinajstić information content (AvgIpc) is 2.35. The van der Waals surface area contributed by atoms with E-state index in [1.54, 1.807) is 5.32 Å². The summed E-state index contributed by atoms with van der Waals surface area (Å²) in [4.78, 5) is 14.9.